The van der Waals surface area contributed by atoms with E-state index in [9.17, 15) is 10.1 Å². The number of hydrogen-bond acceptors (Lipinski definition) is 4. The number of benzene rings is 3. The van der Waals surface area contributed by atoms with Crippen LogP contribution in [0.2, 0.25) is 0 Å². The molecule has 0 saturated carbocycles. The Balaban J connectivity index is 1.87. The zero-order valence-electron chi connectivity index (χ0n) is 14.2. The molecule has 1 heterocycles. The van der Waals surface area contributed by atoms with Gasteiger partial charge in [-0.1, -0.05) is 84.6 Å². The molecule has 6 heteroatoms. The summed E-state index contributed by atoms with van der Waals surface area (Å²) in [6.07, 6.45) is 0. The van der Waals surface area contributed by atoms with Gasteiger partial charge in [-0.2, -0.15) is 5.10 Å². The lowest BCUT2D eigenvalue weighted by Crippen LogP contribution is -1.91. The topological polar surface area (TPSA) is 71.8 Å². The number of nitro groups is 1. The quantitative estimate of drug-likeness (QED) is 0.354. The zero-order chi connectivity index (χ0) is 18.6. The van der Waals surface area contributed by atoms with E-state index in [1.807, 2.05) is 60.7 Å². The molecular weight excluding hydrogens is 358 g/mol. The Bertz CT molecular complexity index is 1020. The first-order valence-corrected chi connectivity index (χ1v) is 9.16. The maximum atomic E-state index is 11.4. The summed E-state index contributed by atoms with van der Waals surface area (Å²) < 4.78 is 0. The van der Waals surface area contributed by atoms with Crippen LogP contribution in [0.5, 0.6) is 0 Å². The summed E-state index contributed by atoms with van der Waals surface area (Å²) in [5.74, 6) is 0. The summed E-state index contributed by atoms with van der Waals surface area (Å²) in [5.41, 5.74) is 3.64. The van der Waals surface area contributed by atoms with Crippen LogP contribution >= 0.6 is 11.8 Å². The molecule has 0 atom stereocenters. The third kappa shape index (κ3) is 3.47. The van der Waals surface area contributed by atoms with Crippen LogP contribution in [0.15, 0.2) is 94.7 Å². The van der Waals surface area contributed by atoms with Gasteiger partial charge < -0.3 is 0 Å². The predicted octanol–water partition coefficient (Wildman–Crippen LogP) is 5.80. The lowest BCUT2D eigenvalue weighted by atomic mass is 10.1. The molecule has 132 valence electrons. The Morgan fingerprint density at radius 2 is 1.41 bits per heavy atom. The zero-order valence-corrected chi connectivity index (χ0v) is 15.0. The standard InChI is InChI=1S/C21H15N3O2S/c25-24(26)17-13-7-8-14-18(17)27-21-19(15-9-3-1-4-10-15)22-23-20(21)16-11-5-2-6-12-16/h1-14H,(H,22,23). The average Bonchev–Trinajstić information content (AvgIpc) is 3.13. The highest BCUT2D eigenvalue weighted by Crippen LogP contribution is 2.43. The highest BCUT2D eigenvalue weighted by molar-refractivity contribution is 7.99. The lowest BCUT2D eigenvalue weighted by Gasteiger charge is -2.07. The van der Waals surface area contributed by atoms with Crippen LogP contribution in [-0.4, -0.2) is 15.1 Å². The van der Waals surface area contributed by atoms with Gasteiger partial charge in [-0.25, -0.2) is 0 Å². The second kappa shape index (κ2) is 7.47. The number of nitrogens with zero attached hydrogens (tertiary/aromatic N) is 2. The molecule has 0 aliphatic heterocycles. The summed E-state index contributed by atoms with van der Waals surface area (Å²) in [4.78, 5) is 12.5. The molecule has 0 unspecified atom stereocenters. The van der Waals surface area contributed by atoms with E-state index >= 15 is 0 Å². The van der Waals surface area contributed by atoms with E-state index in [-0.39, 0.29) is 10.6 Å². The molecule has 0 saturated heterocycles. The van der Waals surface area contributed by atoms with E-state index in [1.54, 1.807) is 18.2 Å². The third-order valence-corrected chi connectivity index (χ3v) is 5.27. The van der Waals surface area contributed by atoms with Gasteiger partial charge in [0.2, 0.25) is 0 Å². The second-order valence-corrected chi connectivity index (χ2v) is 6.89. The molecule has 0 aliphatic carbocycles. The van der Waals surface area contributed by atoms with Crippen LogP contribution in [-0.2, 0) is 0 Å². The smallest absolute Gasteiger partial charge is 0.276 e. The Labute approximate surface area is 160 Å². The number of H-pyrrole nitrogens is 1. The van der Waals surface area contributed by atoms with Gasteiger partial charge >= 0.3 is 0 Å². The highest BCUT2D eigenvalue weighted by Gasteiger charge is 2.21. The Kier molecular flexibility index (Phi) is 4.72. The number of aromatic nitrogens is 2. The lowest BCUT2D eigenvalue weighted by molar-refractivity contribution is -0.387. The van der Waals surface area contributed by atoms with E-state index in [0.717, 1.165) is 27.4 Å². The molecule has 5 nitrogen and oxygen atoms in total. The van der Waals surface area contributed by atoms with Crippen molar-refractivity contribution in [3.05, 3.63) is 95.0 Å². The molecular formula is C21H15N3O2S. The van der Waals surface area contributed by atoms with E-state index in [4.69, 9.17) is 0 Å². The van der Waals surface area contributed by atoms with Gasteiger partial charge in [0.05, 0.1) is 20.4 Å². The number of nitro benzene ring substituents is 1. The van der Waals surface area contributed by atoms with Gasteiger partial charge in [0, 0.05) is 17.2 Å². The largest absolute Gasteiger partial charge is 0.283 e. The van der Waals surface area contributed by atoms with Crippen LogP contribution in [0.3, 0.4) is 0 Å². The molecule has 0 spiro atoms. The molecule has 1 N–H and O–H groups in total. The van der Waals surface area contributed by atoms with E-state index in [0.29, 0.717) is 4.90 Å². The first-order chi connectivity index (χ1) is 13.2. The summed E-state index contributed by atoms with van der Waals surface area (Å²) in [6.45, 7) is 0. The maximum Gasteiger partial charge on any atom is 0.283 e. The van der Waals surface area contributed by atoms with E-state index in [1.165, 1.54) is 17.8 Å². The van der Waals surface area contributed by atoms with Crippen LogP contribution in [0.4, 0.5) is 5.69 Å². The summed E-state index contributed by atoms with van der Waals surface area (Å²) in [7, 11) is 0. The van der Waals surface area contributed by atoms with Crippen molar-refractivity contribution < 1.29 is 4.92 Å². The number of nitrogens with one attached hydrogen (secondary N) is 1. The maximum absolute atomic E-state index is 11.4. The van der Waals surface area contributed by atoms with Gasteiger partial charge in [-0.15, -0.1) is 0 Å². The Hall–Kier alpha value is -3.38. The van der Waals surface area contributed by atoms with Crippen molar-refractivity contribution in [2.45, 2.75) is 9.79 Å². The van der Waals surface area contributed by atoms with Crippen molar-refractivity contribution >= 4 is 17.4 Å². The fourth-order valence-corrected chi connectivity index (χ4v) is 3.97. The molecule has 4 rings (SSSR count). The average molecular weight is 373 g/mol. The SMILES string of the molecule is O=[N+]([O-])c1ccccc1Sc1c(-c2ccccc2)n[nH]c1-c1ccccc1. The fraction of sp³-hybridized carbons (Fsp3) is 0. The molecule has 0 aliphatic rings. The van der Waals surface area contributed by atoms with Crippen molar-refractivity contribution in [3.8, 4) is 22.5 Å². The van der Waals surface area contributed by atoms with Crippen molar-refractivity contribution in [2.24, 2.45) is 0 Å². The first-order valence-electron chi connectivity index (χ1n) is 8.34. The predicted molar refractivity (Wildman–Crippen MR) is 107 cm³/mol. The fourth-order valence-electron chi connectivity index (χ4n) is 2.83. The number of hydrogen-bond donors (Lipinski definition) is 1. The minimum Gasteiger partial charge on any atom is -0.276 e. The molecule has 0 amide bonds. The summed E-state index contributed by atoms with van der Waals surface area (Å²) >= 11 is 1.36. The Morgan fingerprint density at radius 3 is 2.07 bits per heavy atom. The first kappa shape index (κ1) is 17.1. The Morgan fingerprint density at radius 1 is 0.815 bits per heavy atom. The van der Waals surface area contributed by atoms with Gasteiger partial charge in [0.15, 0.2) is 0 Å². The van der Waals surface area contributed by atoms with E-state index in [2.05, 4.69) is 10.2 Å². The highest BCUT2D eigenvalue weighted by atomic mass is 32.2. The molecule has 1 aromatic heterocycles. The second-order valence-electron chi connectivity index (χ2n) is 5.84. The summed E-state index contributed by atoms with van der Waals surface area (Å²) in [5, 5.41) is 19.1. The normalized spacial score (nSPS) is 10.7. The van der Waals surface area contributed by atoms with Crippen molar-refractivity contribution in [2.75, 3.05) is 0 Å². The molecule has 0 radical (unpaired) electrons. The van der Waals surface area contributed by atoms with Crippen molar-refractivity contribution in [1.29, 1.82) is 0 Å². The number of rotatable bonds is 5. The molecule has 27 heavy (non-hydrogen) atoms. The van der Waals surface area contributed by atoms with Gasteiger partial charge in [-0.05, 0) is 6.07 Å². The van der Waals surface area contributed by atoms with Crippen LogP contribution in [0.25, 0.3) is 22.5 Å². The van der Waals surface area contributed by atoms with Crippen LogP contribution in [0, 0.1) is 10.1 Å². The van der Waals surface area contributed by atoms with Gasteiger partial charge in [-0.3, -0.25) is 15.2 Å². The van der Waals surface area contributed by atoms with Gasteiger partial charge in [0.25, 0.3) is 5.69 Å². The van der Waals surface area contributed by atoms with Crippen molar-refractivity contribution in [3.63, 3.8) is 0 Å². The minimum atomic E-state index is -0.354. The number of aromatic amines is 1. The minimum absolute atomic E-state index is 0.0849. The van der Waals surface area contributed by atoms with E-state index < -0.39 is 0 Å². The third-order valence-electron chi connectivity index (χ3n) is 4.11. The summed E-state index contributed by atoms with van der Waals surface area (Å²) in [6, 6.07) is 26.4. The monoisotopic (exact) mass is 373 g/mol. The van der Waals surface area contributed by atoms with Crippen LogP contribution in [0.1, 0.15) is 0 Å². The molecule has 0 bridgehead atoms. The molecule has 4 aromatic rings. The molecule has 3 aromatic carbocycles. The molecule has 0 fully saturated rings. The van der Waals surface area contributed by atoms with Crippen molar-refractivity contribution in [1.82, 2.24) is 10.2 Å². The number of para-hydroxylation sites is 1. The van der Waals surface area contributed by atoms with Gasteiger partial charge in [0.1, 0.15) is 5.69 Å². The van der Waals surface area contributed by atoms with Crippen LogP contribution < -0.4 is 0 Å².